The molecule has 8 heteroatoms. The number of fused-ring (bicyclic) bond motifs is 5. The second-order valence-electron chi connectivity index (χ2n) is 17.1. The predicted octanol–water partition coefficient (Wildman–Crippen LogP) is 6.65. The molecule has 49 heavy (non-hydrogen) atoms. The molecule has 7 aliphatic rings. The zero-order valence-corrected chi connectivity index (χ0v) is 30.4. The highest BCUT2D eigenvalue weighted by Gasteiger charge is 2.58. The molecule has 264 valence electrons. The number of rotatable bonds is 8. The molecule has 6 atom stereocenters. The monoisotopic (exact) mass is 666 g/mol. The fourth-order valence-electron chi connectivity index (χ4n) is 11.7. The van der Waals surface area contributed by atoms with Crippen LogP contribution in [0.4, 0.5) is 17.6 Å². The van der Waals surface area contributed by atoms with Crippen molar-refractivity contribution >= 4 is 29.3 Å². The molecule has 4 heterocycles. The minimum absolute atomic E-state index is 0.0621. The van der Waals surface area contributed by atoms with Crippen molar-refractivity contribution in [2.45, 2.75) is 97.8 Å². The Morgan fingerprint density at radius 3 is 2.29 bits per heavy atom. The number of carbonyl (C=O) groups excluding carboxylic acids is 2. The van der Waals surface area contributed by atoms with Crippen LogP contribution in [0.2, 0.25) is 0 Å². The van der Waals surface area contributed by atoms with Crippen molar-refractivity contribution in [1.82, 2.24) is 14.9 Å². The molecule has 3 saturated heterocycles. The van der Waals surface area contributed by atoms with Gasteiger partial charge in [0, 0.05) is 75.8 Å². The van der Waals surface area contributed by atoms with Gasteiger partial charge in [-0.1, -0.05) is 38.0 Å². The van der Waals surface area contributed by atoms with E-state index in [1.165, 1.54) is 37.7 Å². The van der Waals surface area contributed by atoms with Gasteiger partial charge < -0.3 is 14.7 Å². The standard InChI is InChI=1S/C41H58N6O2/c1-29-25-35-33-11-10-31-26-32(49)12-14-40(31,2)34(33)13-15-41(35,3)38(29)30(28-48)9-8-16-44-21-23-46(24-22-44)37-27-36(45-17-4-5-18-45)42-39(43-37)47-19-6-7-20-47/h13,26-27,29,33,35,38H,4-12,14-25H2,1-3H3/t29-,33-,35+,38-,40+,41+/m1/s1. The summed E-state index contributed by atoms with van der Waals surface area (Å²) in [6.45, 7) is 16.7. The molecule has 8 nitrogen and oxygen atoms in total. The molecule has 1 aromatic heterocycles. The SMILES string of the molecule is C[C@@H]1C[C@H]2[C@@H]3CCC4=CC(=O)CC[C@]4(C)C3=CC[C@]2(C)[C@H]1C(=C=O)CCCN1CCN(c2cc(N3CCCC3)nc(N3CCCC3)n2)CC1. The Bertz CT molecular complexity index is 1510. The largest absolute Gasteiger partial charge is 0.356 e. The first-order valence-corrected chi connectivity index (χ1v) is 19.8. The normalized spacial score (nSPS) is 34.7. The molecule has 0 N–H and O–H groups in total. The molecule has 0 radical (unpaired) electrons. The Labute approximate surface area is 294 Å². The first kappa shape index (κ1) is 33.2. The number of hydrogen-bond acceptors (Lipinski definition) is 8. The summed E-state index contributed by atoms with van der Waals surface area (Å²) in [6.07, 6.45) is 17.5. The quantitative estimate of drug-likeness (QED) is 0.226. The fraction of sp³-hybridized carbons (Fsp3) is 0.732. The van der Waals surface area contributed by atoms with Crippen LogP contribution >= 0.6 is 0 Å². The summed E-state index contributed by atoms with van der Waals surface area (Å²) in [5.41, 5.74) is 4.22. The maximum absolute atomic E-state index is 12.7. The van der Waals surface area contributed by atoms with E-state index in [0.717, 1.165) is 121 Å². The number of ketones is 1. The summed E-state index contributed by atoms with van der Waals surface area (Å²) >= 11 is 0. The van der Waals surface area contributed by atoms with Gasteiger partial charge in [-0.25, -0.2) is 4.79 Å². The summed E-state index contributed by atoms with van der Waals surface area (Å²) in [4.78, 5) is 45.0. The Hall–Kier alpha value is -2.96. The van der Waals surface area contributed by atoms with Crippen molar-refractivity contribution in [1.29, 1.82) is 0 Å². The predicted molar refractivity (Wildman–Crippen MR) is 197 cm³/mol. The number of hydrogen-bond donors (Lipinski definition) is 0. The summed E-state index contributed by atoms with van der Waals surface area (Å²) in [6, 6.07) is 2.24. The van der Waals surface area contributed by atoms with Crippen molar-refractivity contribution in [3.8, 4) is 0 Å². The first-order chi connectivity index (χ1) is 23.8. The molecule has 1 aromatic rings. The summed E-state index contributed by atoms with van der Waals surface area (Å²) in [5, 5.41) is 0. The lowest BCUT2D eigenvalue weighted by molar-refractivity contribution is -0.115. The molecule has 5 fully saturated rings. The van der Waals surface area contributed by atoms with E-state index in [2.05, 4.69) is 58.5 Å². The first-order valence-electron chi connectivity index (χ1n) is 19.8. The van der Waals surface area contributed by atoms with Crippen molar-refractivity contribution in [3.05, 3.63) is 34.9 Å². The van der Waals surface area contributed by atoms with Crippen molar-refractivity contribution in [2.24, 2.45) is 34.5 Å². The minimum Gasteiger partial charge on any atom is -0.356 e. The van der Waals surface area contributed by atoms with Gasteiger partial charge >= 0.3 is 0 Å². The van der Waals surface area contributed by atoms with Gasteiger partial charge in [-0.3, -0.25) is 9.69 Å². The van der Waals surface area contributed by atoms with Crippen molar-refractivity contribution in [3.63, 3.8) is 0 Å². The van der Waals surface area contributed by atoms with Gasteiger partial charge in [0.05, 0.1) is 0 Å². The molecule has 0 bridgehead atoms. The highest BCUT2D eigenvalue weighted by atomic mass is 16.1. The van der Waals surface area contributed by atoms with Crippen LogP contribution in [0.5, 0.6) is 0 Å². The molecule has 0 aromatic carbocycles. The van der Waals surface area contributed by atoms with Gasteiger partial charge in [0.25, 0.3) is 0 Å². The molecule has 3 aliphatic heterocycles. The van der Waals surface area contributed by atoms with E-state index in [1.54, 1.807) is 5.57 Å². The Kier molecular flexibility index (Phi) is 9.01. The van der Waals surface area contributed by atoms with Gasteiger partial charge in [-0.15, -0.1) is 0 Å². The molecular weight excluding hydrogens is 608 g/mol. The second-order valence-corrected chi connectivity index (χ2v) is 17.1. The molecule has 4 aliphatic carbocycles. The summed E-state index contributed by atoms with van der Waals surface area (Å²) in [5.74, 6) is 7.96. The molecule has 2 saturated carbocycles. The average Bonchev–Trinajstić information content (AvgIpc) is 3.89. The van der Waals surface area contributed by atoms with Gasteiger partial charge in [0.1, 0.15) is 17.6 Å². The number of nitrogens with zero attached hydrogens (tertiary/aromatic N) is 6. The minimum atomic E-state index is 0.0621. The lowest BCUT2D eigenvalue weighted by Crippen LogP contribution is -2.47. The van der Waals surface area contributed by atoms with Crippen LogP contribution in [0.3, 0.4) is 0 Å². The zero-order valence-electron chi connectivity index (χ0n) is 30.4. The molecule has 0 spiro atoms. The van der Waals surface area contributed by atoms with Crippen LogP contribution in [0.1, 0.15) is 97.8 Å². The van der Waals surface area contributed by atoms with Crippen LogP contribution in [-0.2, 0) is 9.59 Å². The lowest BCUT2D eigenvalue weighted by atomic mass is 9.51. The lowest BCUT2D eigenvalue weighted by Gasteiger charge is -2.53. The van der Waals surface area contributed by atoms with E-state index in [4.69, 9.17) is 9.97 Å². The molecular formula is C41H58N6O2. The topological polar surface area (TPSA) is 72.9 Å². The third-order valence-corrected chi connectivity index (χ3v) is 14.3. The van der Waals surface area contributed by atoms with E-state index < -0.39 is 0 Å². The van der Waals surface area contributed by atoms with Gasteiger partial charge in [-0.2, -0.15) is 9.97 Å². The third-order valence-electron chi connectivity index (χ3n) is 14.3. The van der Waals surface area contributed by atoms with Crippen LogP contribution in [0.15, 0.2) is 34.9 Å². The number of piperazine rings is 1. The third kappa shape index (κ3) is 5.99. The van der Waals surface area contributed by atoms with Crippen LogP contribution in [0.25, 0.3) is 0 Å². The van der Waals surface area contributed by atoms with Gasteiger partial charge in [-0.05, 0) is 112 Å². The van der Waals surface area contributed by atoms with Crippen molar-refractivity contribution < 1.29 is 9.59 Å². The number of aromatic nitrogens is 2. The van der Waals surface area contributed by atoms with Crippen molar-refractivity contribution in [2.75, 3.05) is 73.6 Å². The summed E-state index contributed by atoms with van der Waals surface area (Å²) < 4.78 is 0. The number of carbonyl (C=O) groups is 1. The van der Waals surface area contributed by atoms with Crippen LogP contribution in [-0.4, -0.2) is 85.5 Å². The summed E-state index contributed by atoms with van der Waals surface area (Å²) in [7, 11) is 0. The fourth-order valence-corrected chi connectivity index (χ4v) is 11.7. The van der Waals surface area contributed by atoms with E-state index in [9.17, 15) is 9.59 Å². The Balaban J connectivity index is 0.891. The van der Waals surface area contributed by atoms with Gasteiger partial charge in [0.2, 0.25) is 5.95 Å². The van der Waals surface area contributed by atoms with Crippen LogP contribution in [0, 0.1) is 34.5 Å². The van der Waals surface area contributed by atoms with Crippen LogP contribution < -0.4 is 14.7 Å². The number of anilines is 3. The smallest absolute Gasteiger partial charge is 0.229 e. The average molecular weight is 667 g/mol. The zero-order chi connectivity index (χ0) is 33.8. The maximum Gasteiger partial charge on any atom is 0.229 e. The highest BCUT2D eigenvalue weighted by molar-refractivity contribution is 5.92. The number of allylic oxidation sites excluding steroid dienone is 5. The van der Waals surface area contributed by atoms with E-state index in [1.807, 2.05) is 6.08 Å². The molecule has 8 rings (SSSR count). The van der Waals surface area contributed by atoms with E-state index >= 15 is 0 Å². The highest BCUT2D eigenvalue weighted by Crippen LogP contribution is 2.66. The Morgan fingerprint density at radius 1 is 0.918 bits per heavy atom. The van der Waals surface area contributed by atoms with Gasteiger partial charge in [0.15, 0.2) is 5.78 Å². The Morgan fingerprint density at radius 2 is 1.59 bits per heavy atom. The van der Waals surface area contributed by atoms with E-state index in [0.29, 0.717) is 35.9 Å². The molecule has 0 unspecified atom stereocenters. The van der Waals surface area contributed by atoms with E-state index in [-0.39, 0.29) is 10.8 Å². The maximum atomic E-state index is 12.7. The second kappa shape index (κ2) is 13.3. The molecule has 0 amide bonds.